The van der Waals surface area contributed by atoms with Crippen molar-refractivity contribution in [1.29, 1.82) is 5.26 Å². The molecular formula is C20H16F4N4O2. The van der Waals surface area contributed by atoms with Crippen LogP contribution >= 0.6 is 0 Å². The van der Waals surface area contributed by atoms with Gasteiger partial charge in [0, 0.05) is 24.5 Å². The molecule has 1 aliphatic carbocycles. The summed E-state index contributed by atoms with van der Waals surface area (Å²) in [5.74, 6) is -2.05. The number of Topliss-reactive ketones (excluding diaryl/α,β-unsaturated/α-hetero) is 1. The molecule has 0 unspecified atom stereocenters. The SMILES string of the molecule is CNC(=O)c1ccc(NC2(C(=O)c3cnc(C#N)c(C(F)(F)F)c3)CCC2)cc1F. The quantitative estimate of drug-likeness (QED) is 0.568. The Hall–Kier alpha value is -3.48. The summed E-state index contributed by atoms with van der Waals surface area (Å²) in [6.45, 7) is 0. The van der Waals surface area contributed by atoms with Gasteiger partial charge in [0.25, 0.3) is 5.91 Å². The summed E-state index contributed by atoms with van der Waals surface area (Å²) in [5, 5.41) is 14.1. The molecule has 0 atom stereocenters. The van der Waals surface area contributed by atoms with Crippen molar-refractivity contribution in [3.63, 3.8) is 0 Å². The summed E-state index contributed by atoms with van der Waals surface area (Å²) in [7, 11) is 1.36. The molecule has 1 aromatic carbocycles. The number of anilines is 1. The van der Waals surface area contributed by atoms with Crippen LogP contribution in [0, 0.1) is 17.1 Å². The van der Waals surface area contributed by atoms with Crippen molar-refractivity contribution in [3.05, 3.63) is 58.7 Å². The molecule has 1 aliphatic rings. The van der Waals surface area contributed by atoms with E-state index in [0.29, 0.717) is 25.3 Å². The van der Waals surface area contributed by atoms with E-state index in [9.17, 15) is 27.2 Å². The number of amides is 1. The van der Waals surface area contributed by atoms with Crippen LogP contribution in [-0.2, 0) is 6.18 Å². The molecule has 1 heterocycles. The highest BCUT2D eigenvalue weighted by Gasteiger charge is 2.45. The smallest absolute Gasteiger partial charge is 0.372 e. The van der Waals surface area contributed by atoms with Gasteiger partial charge < -0.3 is 10.6 Å². The number of nitriles is 1. The highest BCUT2D eigenvalue weighted by Crippen LogP contribution is 2.39. The molecule has 2 N–H and O–H groups in total. The predicted molar refractivity (Wildman–Crippen MR) is 98.3 cm³/mol. The van der Waals surface area contributed by atoms with Crippen molar-refractivity contribution in [2.75, 3.05) is 12.4 Å². The topological polar surface area (TPSA) is 94.9 Å². The van der Waals surface area contributed by atoms with Gasteiger partial charge in [0.2, 0.25) is 0 Å². The minimum atomic E-state index is -4.84. The fraction of sp³-hybridized carbons (Fsp3) is 0.300. The molecular weight excluding hydrogens is 404 g/mol. The Morgan fingerprint density at radius 3 is 2.43 bits per heavy atom. The molecule has 2 aromatic rings. The van der Waals surface area contributed by atoms with Gasteiger partial charge >= 0.3 is 6.18 Å². The molecule has 6 nitrogen and oxygen atoms in total. The molecule has 0 saturated heterocycles. The summed E-state index contributed by atoms with van der Waals surface area (Å²) < 4.78 is 53.8. The van der Waals surface area contributed by atoms with Crippen molar-refractivity contribution in [3.8, 4) is 6.07 Å². The molecule has 156 valence electrons. The number of hydrogen-bond acceptors (Lipinski definition) is 5. The Bertz CT molecular complexity index is 1060. The number of benzene rings is 1. The second-order valence-corrected chi connectivity index (χ2v) is 6.89. The van der Waals surface area contributed by atoms with E-state index in [1.807, 2.05) is 0 Å². The number of ketones is 1. The van der Waals surface area contributed by atoms with Gasteiger partial charge in [-0.2, -0.15) is 18.4 Å². The normalized spacial score (nSPS) is 14.9. The third-order valence-electron chi connectivity index (χ3n) is 5.03. The van der Waals surface area contributed by atoms with Crippen molar-refractivity contribution in [2.24, 2.45) is 0 Å². The Morgan fingerprint density at radius 1 is 1.23 bits per heavy atom. The highest BCUT2D eigenvalue weighted by atomic mass is 19.4. The number of rotatable bonds is 5. The van der Waals surface area contributed by atoms with Gasteiger partial charge in [0.15, 0.2) is 11.5 Å². The van der Waals surface area contributed by atoms with E-state index >= 15 is 0 Å². The van der Waals surface area contributed by atoms with Crippen LogP contribution in [0.1, 0.15) is 51.2 Å². The van der Waals surface area contributed by atoms with E-state index in [4.69, 9.17) is 5.26 Å². The molecule has 0 spiro atoms. The fourth-order valence-electron chi connectivity index (χ4n) is 3.30. The monoisotopic (exact) mass is 420 g/mol. The van der Waals surface area contributed by atoms with Gasteiger partial charge in [-0.25, -0.2) is 9.37 Å². The second kappa shape index (κ2) is 7.74. The van der Waals surface area contributed by atoms with E-state index in [0.717, 1.165) is 12.3 Å². The zero-order valence-electron chi connectivity index (χ0n) is 15.7. The van der Waals surface area contributed by atoms with Gasteiger partial charge in [-0.15, -0.1) is 0 Å². The number of nitrogens with one attached hydrogen (secondary N) is 2. The maximum absolute atomic E-state index is 14.2. The first-order valence-corrected chi connectivity index (χ1v) is 8.93. The minimum absolute atomic E-state index is 0.178. The maximum atomic E-state index is 14.2. The average molecular weight is 420 g/mol. The van der Waals surface area contributed by atoms with Crippen LogP contribution in [0.2, 0.25) is 0 Å². The van der Waals surface area contributed by atoms with E-state index in [2.05, 4.69) is 15.6 Å². The summed E-state index contributed by atoms with van der Waals surface area (Å²) in [6, 6.07) is 5.70. The lowest BCUT2D eigenvalue weighted by Gasteiger charge is -2.42. The third-order valence-corrected chi connectivity index (χ3v) is 5.03. The number of alkyl halides is 3. The van der Waals surface area contributed by atoms with E-state index in [-0.39, 0.29) is 16.8 Å². The average Bonchev–Trinajstić information content (AvgIpc) is 2.68. The Labute approximate surface area is 168 Å². The van der Waals surface area contributed by atoms with Gasteiger partial charge in [0.05, 0.1) is 11.1 Å². The highest BCUT2D eigenvalue weighted by molar-refractivity contribution is 6.05. The lowest BCUT2D eigenvalue weighted by Crippen LogP contribution is -2.52. The number of pyridine rings is 1. The number of halogens is 4. The van der Waals surface area contributed by atoms with Crippen LogP contribution in [0.3, 0.4) is 0 Å². The maximum Gasteiger partial charge on any atom is 0.419 e. The number of aromatic nitrogens is 1. The Morgan fingerprint density at radius 2 is 1.93 bits per heavy atom. The van der Waals surface area contributed by atoms with Crippen molar-refractivity contribution in [1.82, 2.24) is 10.3 Å². The van der Waals surface area contributed by atoms with Gasteiger partial charge in [-0.3, -0.25) is 9.59 Å². The number of nitrogens with zero attached hydrogens (tertiary/aromatic N) is 2. The molecule has 10 heteroatoms. The van der Waals surface area contributed by atoms with Crippen LogP contribution in [0.5, 0.6) is 0 Å². The van der Waals surface area contributed by atoms with E-state index < -0.39 is 40.5 Å². The molecule has 1 saturated carbocycles. The molecule has 0 radical (unpaired) electrons. The third kappa shape index (κ3) is 3.83. The summed E-state index contributed by atoms with van der Waals surface area (Å²) in [6.07, 6.45) is -2.61. The first-order chi connectivity index (χ1) is 14.1. The zero-order valence-corrected chi connectivity index (χ0v) is 15.7. The second-order valence-electron chi connectivity index (χ2n) is 6.89. The lowest BCUT2D eigenvalue weighted by atomic mass is 9.71. The standard InChI is InChI=1S/C20H16F4N4O2/c1-26-18(30)13-4-3-12(8-15(13)21)28-19(5-2-6-19)17(29)11-7-14(20(22,23)24)16(9-25)27-10-11/h3-4,7-8,10,28H,2,5-6H2,1H3,(H,26,30). The molecule has 0 aliphatic heterocycles. The summed E-state index contributed by atoms with van der Waals surface area (Å²) >= 11 is 0. The molecule has 30 heavy (non-hydrogen) atoms. The van der Waals surface area contributed by atoms with Crippen molar-refractivity contribution in [2.45, 2.75) is 31.0 Å². The van der Waals surface area contributed by atoms with Gasteiger partial charge in [0.1, 0.15) is 17.4 Å². The Balaban J connectivity index is 1.92. The summed E-state index contributed by atoms with van der Waals surface area (Å²) in [4.78, 5) is 28.1. The van der Waals surface area contributed by atoms with Crippen LogP contribution in [0.4, 0.5) is 23.2 Å². The molecule has 1 aromatic heterocycles. The molecule has 3 rings (SSSR count). The van der Waals surface area contributed by atoms with Crippen molar-refractivity contribution >= 4 is 17.4 Å². The molecule has 1 fully saturated rings. The molecule has 0 bridgehead atoms. The minimum Gasteiger partial charge on any atom is -0.372 e. The summed E-state index contributed by atoms with van der Waals surface area (Å²) in [5.41, 5.74) is -3.59. The van der Waals surface area contributed by atoms with E-state index in [1.54, 1.807) is 0 Å². The van der Waals surface area contributed by atoms with Gasteiger partial charge in [-0.1, -0.05) is 0 Å². The van der Waals surface area contributed by atoms with Crippen molar-refractivity contribution < 1.29 is 27.2 Å². The van der Waals surface area contributed by atoms with Crippen LogP contribution < -0.4 is 10.6 Å². The largest absolute Gasteiger partial charge is 0.419 e. The van der Waals surface area contributed by atoms with Crippen LogP contribution in [0.15, 0.2) is 30.5 Å². The first-order valence-electron chi connectivity index (χ1n) is 8.93. The zero-order chi connectivity index (χ0) is 22.1. The van der Waals surface area contributed by atoms with Crippen LogP contribution in [0.25, 0.3) is 0 Å². The van der Waals surface area contributed by atoms with Crippen LogP contribution in [-0.4, -0.2) is 29.3 Å². The Kier molecular flexibility index (Phi) is 5.48. The fourth-order valence-corrected chi connectivity index (χ4v) is 3.30. The van der Waals surface area contributed by atoms with E-state index in [1.165, 1.54) is 25.2 Å². The molecule has 1 amide bonds. The first kappa shape index (κ1) is 21.2. The number of carbonyl (C=O) groups excluding carboxylic acids is 2. The lowest BCUT2D eigenvalue weighted by molar-refractivity contribution is -0.138. The predicted octanol–water partition coefficient (Wildman–Crippen LogP) is 3.69. The number of hydrogen-bond donors (Lipinski definition) is 2. The van der Waals surface area contributed by atoms with Gasteiger partial charge in [-0.05, 0) is 43.5 Å². The number of carbonyl (C=O) groups is 2.